The molecule has 0 bridgehead atoms. The fourth-order valence-electron chi connectivity index (χ4n) is 2.17. The molecule has 0 unspecified atom stereocenters. The third-order valence-corrected chi connectivity index (χ3v) is 3.62. The minimum Gasteiger partial charge on any atom is -0.495 e. The number of nitrogens with zero attached hydrogens (tertiary/aromatic N) is 1. The number of methoxy groups -OCH3 is 2. The van der Waals surface area contributed by atoms with Gasteiger partial charge in [-0.05, 0) is 13.0 Å². The SMILES string of the molecule is CCCCN(CC(N)=O)CC(=O)Nc1cc(OC)c(Cl)cc1OC. The summed E-state index contributed by atoms with van der Waals surface area (Å²) < 4.78 is 10.4. The summed E-state index contributed by atoms with van der Waals surface area (Å²) in [5.41, 5.74) is 5.67. The first-order valence-electron chi connectivity index (χ1n) is 7.63. The van der Waals surface area contributed by atoms with Crippen LogP contribution in [0.4, 0.5) is 5.69 Å². The number of carbonyl (C=O) groups excluding carboxylic acids is 2. The summed E-state index contributed by atoms with van der Waals surface area (Å²) >= 11 is 6.04. The molecule has 1 aromatic rings. The summed E-state index contributed by atoms with van der Waals surface area (Å²) in [6.45, 7) is 2.74. The van der Waals surface area contributed by atoms with Gasteiger partial charge in [0.15, 0.2) is 0 Å². The molecule has 0 heterocycles. The molecule has 24 heavy (non-hydrogen) atoms. The lowest BCUT2D eigenvalue weighted by Gasteiger charge is -2.20. The number of hydrogen-bond donors (Lipinski definition) is 2. The molecule has 0 aliphatic rings. The fraction of sp³-hybridized carbons (Fsp3) is 0.500. The van der Waals surface area contributed by atoms with Crippen molar-refractivity contribution in [1.29, 1.82) is 0 Å². The molecule has 134 valence electrons. The highest BCUT2D eigenvalue weighted by atomic mass is 35.5. The van der Waals surface area contributed by atoms with Crippen molar-refractivity contribution in [2.24, 2.45) is 5.73 Å². The van der Waals surface area contributed by atoms with Crippen LogP contribution in [0.15, 0.2) is 12.1 Å². The topological polar surface area (TPSA) is 93.9 Å². The van der Waals surface area contributed by atoms with Gasteiger partial charge in [-0.2, -0.15) is 0 Å². The molecule has 0 saturated heterocycles. The van der Waals surface area contributed by atoms with E-state index in [4.69, 9.17) is 26.8 Å². The van der Waals surface area contributed by atoms with Gasteiger partial charge in [-0.15, -0.1) is 0 Å². The number of carbonyl (C=O) groups is 2. The largest absolute Gasteiger partial charge is 0.495 e. The number of hydrogen-bond acceptors (Lipinski definition) is 5. The van der Waals surface area contributed by atoms with Crippen LogP contribution in [-0.4, -0.2) is 50.6 Å². The Labute approximate surface area is 147 Å². The standard InChI is InChI=1S/C16H24ClN3O4/c1-4-5-6-20(9-15(18)21)10-16(22)19-12-8-13(23-2)11(17)7-14(12)24-3/h7-8H,4-6,9-10H2,1-3H3,(H2,18,21)(H,19,22). The van der Waals surface area contributed by atoms with Crippen LogP contribution in [0.2, 0.25) is 5.02 Å². The lowest BCUT2D eigenvalue weighted by molar-refractivity contribution is -0.121. The van der Waals surface area contributed by atoms with Crippen molar-refractivity contribution < 1.29 is 19.1 Å². The van der Waals surface area contributed by atoms with Gasteiger partial charge in [-0.25, -0.2) is 0 Å². The van der Waals surface area contributed by atoms with Gasteiger partial charge in [0.1, 0.15) is 11.5 Å². The molecular weight excluding hydrogens is 334 g/mol. The third kappa shape index (κ3) is 6.25. The van der Waals surface area contributed by atoms with Gasteiger partial charge < -0.3 is 20.5 Å². The molecular formula is C16H24ClN3O4. The van der Waals surface area contributed by atoms with Crippen molar-refractivity contribution in [3.8, 4) is 11.5 Å². The van der Waals surface area contributed by atoms with E-state index in [9.17, 15) is 9.59 Å². The summed E-state index contributed by atoms with van der Waals surface area (Å²) in [5, 5.41) is 3.13. The van der Waals surface area contributed by atoms with Gasteiger partial charge in [0.05, 0.1) is 38.0 Å². The molecule has 0 fully saturated rings. The second-order valence-corrected chi connectivity index (χ2v) is 5.67. The monoisotopic (exact) mass is 357 g/mol. The number of nitrogens with two attached hydrogens (primary N) is 1. The second kappa shape index (κ2) is 10.00. The summed E-state index contributed by atoms with van der Waals surface area (Å²) in [5.74, 6) is 0.0941. The van der Waals surface area contributed by atoms with E-state index in [-0.39, 0.29) is 19.0 Å². The first kappa shape index (κ1) is 20.1. The zero-order valence-corrected chi connectivity index (χ0v) is 15.0. The molecule has 0 radical (unpaired) electrons. The number of primary amides is 1. The van der Waals surface area contributed by atoms with Crippen molar-refractivity contribution in [3.05, 3.63) is 17.2 Å². The Morgan fingerprint density at radius 3 is 2.42 bits per heavy atom. The molecule has 0 saturated carbocycles. The molecule has 0 aromatic heterocycles. The molecule has 8 heteroatoms. The van der Waals surface area contributed by atoms with Crippen molar-refractivity contribution >= 4 is 29.1 Å². The van der Waals surface area contributed by atoms with E-state index in [0.29, 0.717) is 28.8 Å². The van der Waals surface area contributed by atoms with E-state index in [1.807, 2.05) is 6.92 Å². The van der Waals surface area contributed by atoms with Gasteiger partial charge in [-0.1, -0.05) is 24.9 Å². The van der Waals surface area contributed by atoms with E-state index in [0.717, 1.165) is 12.8 Å². The maximum atomic E-state index is 12.3. The molecule has 1 rings (SSSR count). The second-order valence-electron chi connectivity index (χ2n) is 5.27. The number of nitrogens with one attached hydrogen (secondary N) is 1. The smallest absolute Gasteiger partial charge is 0.238 e. The molecule has 0 aliphatic carbocycles. The maximum absolute atomic E-state index is 12.3. The van der Waals surface area contributed by atoms with Gasteiger partial charge >= 0.3 is 0 Å². The number of unbranched alkanes of at least 4 members (excludes halogenated alkanes) is 1. The number of benzene rings is 1. The van der Waals surface area contributed by atoms with Gasteiger partial charge in [-0.3, -0.25) is 14.5 Å². The molecule has 3 N–H and O–H groups in total. The lowest BCUT2D eigenvalue weighted by Crippen LogP contribution is -2.39. The number of anilines is 1. The average molecular weight is 358 g/mol. The van der Waals surface area contributed by atoms with E-state index in [2.05, 4.69) is 5.32 Å². The molecule has 0 aliphatic heterocycles. The average Bonchev–Trinajstić information content (AvgIpc) is 2.53. The Balaban J connectivity index is 2.83. The highest BCUT2D eigenvalue weighted by Gasteiger charge is 2.16. The highest BCUT2D eigenvalue weighted by Crippen LogP contribution is 2.35. The van der Waals surface area contributed by atoms with E-state index >= 15 is 0 Å². The van der Waals surface area contributed by atoms with Crippen molar-refractivity contribution in [1.82, 2.24) is 4.90 Å². The molecule has 0 atom stereocenters. The molecule has 7 nitrogen and oxygen atoms in total. The number of ether oxygens (including phenoxy) is 2. The first-order valence-corrected chi connectivity index (χ1v) is 8.01. The van der Waals surface area contributed by atoms with Gasteiger partial charge in [0.25, 0.3) is 0 Å². The summed E-state index contributed by atoms with van der Waals surface area (Å²) in [7, 11) is 2.97. The fourth-order valence-corrected chi connectivity index (χ4v) is 2.40. The van der Waals surface area contributed by atoms with Crippen LogP contribution in [0, 0.1) is 0 Å². The van der Waals surface area contributed by atoms with Crippen LogP contribution in [0.5, 0.6) is 11.5 Å². The minimum atomic E-state index is -0.468. The van der Waals surface area contributed by atoms with E-state index in [1.165, 1.54) is 14.2 Å². The van der Waals surface area contributed by atoms with Crippen molar-refractivity contribution in [2.45, 2.75) is 19.8 Å². The first-order chi connectivity index (χ1) is 11.4. The lowest BCUT2D eigenvalue weighted by atomic mass is 10.2. The molecule has 1 aromatic carbocycles. The van der Waals surface area contributed by atoms with Gasteiger partial charge in [0, 0.05) is 12.1 Å². The predicted octanol–water partition coefficient (Wildman–Crippen LogP) is 1.88. The Bertz CT molecular complexity index is 581. The zero-order valence-electron chi connectivity index (χ0n) is 14.2. The zero-order chi connectivity index (χ0) is 18.1. The van der Waals surface area contributed by atoms with Crippen LogP contribution >= 0.6 is 11.6 Å². The van der Waals surface area contributed by atoms with E-state index in [1.54, 1.807) is 17.0 Å². The third-order valence-electron chi connectivity index (χ3n) is 3.32. The number of rotatable bonds is 10. The summed E-state index contributed by atoms with van der Waals surface area (Å²) in [6.07, 6.45) is 1.83. The molecule has 0 spiro atoms. The highest BCUT2D eigenvalue weighted by molar-refractivity contribution is 6.32. The van der Waals surface area contributed by atoms with Crippen LogP contribution in [0.25, 0.3) is 0 Å². The predicted molar refractivity (Wildman–Crippen MR) is 93.7 cm³/mol. The van der Waals surface area contributed by atoms with Gasteiger partial charge in [0.2, 0.25) is 11.8 Å². The Hall–Kier alpha value is -1.99. The Morgan fingerprint density at radius 2 is 1.88 bits per heavy atom. The maximum Gasteiger partial charge on any atom is 0.238 e. The van der Waals surface area contributed by atoms with Crippen LogP contribution in [-0.2, 0) is 9.59 Å². The quantitative estimate of drug-likeness (QED) is 0.666. The minimum absolute atomic E-state index is 0.0362. The summed E-state index contributed by atoms with van der Waals surface area (Å²) in [4.78, 5) is 25.1. The molecule has 2 amide bonds. The van der Waals surface area contributed by atoms with Crippen LogP contribution in [0.1, 0.15) is 19.8 Å². The Kier molecular flexibility index (Phi) is 8.35. The number of halogens is 1. The summed E-state index contributed by atoms with van der Waals surface area (Å²) in [6, 6.07) is 3.15. The van der Waals surface area contributed by atoms with Crippen LogP contribution < -0.4 is 20.5 Å². The van der Waals surface area contributed by atoms with Crippen molar-refractivity contribution in [2.75, 3.05) is 39.2 Å². The number of amides is 2. The normalized spacial score (nSPS) is 10.5. The van der Waals surface area contributed by atoms with Crippen molar-refractivity contribution in [3.63, 3.8) is 0 Å². The van der Waals surface area contributed by atoms with Crippen LogP contribution in [0.3, 0.4) is 0 Å². The van der Waals surface area contributed by atoms with E-state index < -0.39 is 5.91 Å². The Morgan fingerprint density at radius 1 is 1.21 bits per heavy atom.